The van der Waals surface area contributed by atoms with Gasteiger partial charge in [-0.3, -0.25) is 9.78 Å². The fourth-order valence-electron chi connectivity index (χ4n) is 1.97. The van der Waals surface area contributed by atoms with Crippen LogP contribution in [0.2, 0.25) is 0 Å². The van der Waals surface area contributed by atoms with Gasteiger partial charge in [-0.25, -0.2) is 4.79 Å². The van der Waals surface area contributed by atoms with Gasteiger partial charge in [0.25, 0.3) is 5.91 Å². The number of aromatic nitrogens is 1. The van der Waals surface area contributed by atoms with Crippen LogP contribution < -0.4 is 5.32 Å². The Kier molecular flexibility index (Phi) is 3.79. The van der Waals surface area contributed by atoms with E-state index in [1.54, 1.807) is 50.4 Å². The fraction of sp³-hybridized carbons (Fsp3) is 0.133. The first-order valence-corrected chi connectivity index (χ1v) is 6.06. The number of amides is 1. The van der Waals surface area contributed by atoms with E-state index in [9.17, 15) is 14.7 Å². The molecule has 0 aliphatic heterocycles. The molecule has 0 saturated heterocycles. The van der Waals surface area contributed by atoms with Crippen molar-refractivity contribution in [3.8, 4) is 0 Å². The van der Waals surface area contributed by atoms with E-state index in [1.165, 1.54) is 0 Å². The van der Waals surface area contributed by atoms with Crippen molar-refractivity contribution in [1.29, 1.82) is 0 Å². The molecule has 20 heavy (non-hydrogen) atoms. The SMILES string of the molecule is Cc1cccc(NC(=O)c2cccnc2C)c1C(=O)O. The largest absolute Gasteiger partial charge is 0.478 e. The summed E-state index contributed by atoms with van der Waals surface area (Å²) >= 11 is 0. The number of hydrogen-bond acceptors (Lipinski definition) is 3. The minimum absolute atomic E-state index is 0.0994. The fourth-order valence-corrected chi connectivity index (χ4v) is 1.97. The van der Waals surface area contributed by atoms with Crippen molar-refractivity contribution in [2.24, 2.45) is 0 Å². The highest BCUT2D eigenvalue weighted by atomic mass is 16.4. The van der Waals surface area contributed by atoms with Gasteiger partial charge in [-0.1, -0.05) is 12.1 Å². The Morgan fingerprint density at radius 3 is 2.55 bits per heavy atom. The Morgan fingerprint density at radius 1 is 1.15 bits per heavy atom. The van der Waals surface area contributed by atoms with Crippen molar-refractivity contribution in [3.05, 3.63) is 58.9 Å². The third kappa shape index (κ3) is 2.66. The Bertz CT molecular complexity index is 681. The third-order valence-corrected chi connectivity index (χ3v) is 2.99. The molecule has 2 rings (SSSR count). The highest BCUT2D eigenvalue weighted by Gasteiger charge is 2.16. The molecular weight excluding hydrogens is 256 g/mol. The molecule has 1 aromatic heterocycles. The number of anilines is 1. The molecule has 0 aliphatic carbocycles. The van der Waals surface area contributed by atoms with E-state index in [0.717, 1.165) is 0 Å². The summed E-state index contributed by atoms with van der Waals surface area (Å²) in [5.41, 5.74) is 1.99. The molecule has 1 amide bonds. The zero-order valence-electron chi connectivity index (χ0n) is 11.2. The Labute approximate surface area is 116 Å². The predicted molar refractivity (Wildman–Crippen MR) is 75.1 cm³/mol. The number of aromatic carboxylic acids is 1. The first-order valence-electron chi connectivity index (χ1n) is 6.06. The molecule has 2 N–H and O–H groups in total. The summed E-state index contributed by atoms with van der Waals surface area (Å²) in [4.78, 5) is 27.5. The van der Waals surface area contributed by atoms with Gasteiger partial charge in [0.1, 0.15) is 0 Å². The Morgan fingerprint density at radius 2 is 1.90 bits per heavy atom. The number of nitrogens with zero attached hydrogens (tertiary/aromatic N) is 1. The molecule has 2 aromatic rings. The third-order valence-electron chi connectivity index (χ3n) is 2.99. The summed E-state index contributed by atoms with van der Waals surface area (Å²) in [7, 11) is 0. The van der Waals surface area contributed by atoms with Gasteiger partial charge in [0.15, 0.2) is 0 Å². The van der Waals surface area contributed by atoms with E-state index in [2.05, 4.69) is 10.3 Å². The molecule has 0 atom stereocenters. The van der Waals surface area contributed by atoms with E-state index in [1.807, 2.05) is 0 Å². The Balaban J connectivity index is 2.36. The van der Waals surface area contributed by atoms with Crippen LogP contribution in [0.3, 0.4) is 0 Å². The molecule has 0 spiro atoms. The minimum atomic E-state index is -1.07. The molecule has 1 heterocycles. The molecule has 0 radical (unpaired) electrons. The van der Waals surface area contributed by atoms with Crippen molar-refractivity contribution in [2.75, 3.05) is 5.32 Å². The maximum atomic E-state index is 12.2. The lowest BCUT2D eigenvalue weighted by molar-refractivity contribution is 0.0697. The van der Waals surface area contributed by atoms with Crippen LogP contribution in [0.4, 0.5) is 5.69 Å². The number of hydrogen-bond donors (Lipinski definition) is 2. The number of carboxylic acids is 1. The zero-order chi connectivity index (χ0) is 14.7. The van der Waals surface area contributed by atoms with Crippen LogP contribution in [-0.4, -0.2) is 22.0 Å². The maximum absolute atomic E-state index is 12.2. The van der Waals surface area contributed by atoms with Gasteiger partial charge in [-0.05, 0) is 37.6 Å². The second-order valence-corrected chi connectivity index (χ2v) is 4.39. The van der Waals surface area contributed by atoms with Crippen molar-refractivity contribution >= 4 is 17.6 Å². The number of nitrogens with one attached hydrogen (secondary N) is 1. The second kappa shape index (κ2) is 5.52. The first kappa shape index (κ1) is 13.7. The molecular formula is C15H14N2O3. The van der Waals surface area contributed by atoms with Gasteiger partial charge >= 0.3 is 5.97 Å². The van der Waals surface area contributed by atoms with Crippen LogP contribution in [0.25, 0.3) is 0 Å². The lowest BCUT2D eigenvalue weighted by atomic mass is 10.1. The average Bonchev–Trinajstić information content (AvgIpc) is 2.38. The van der Waals surface area contributed by atoms with Crippen LogP contribution >= 0.6 is 0 Å². The topological polar surface area (TPSA) is 79.3 Å². The lowest BCUT2D eigenvalue weighted by Crippen LogP contribution is -2.17. The summed E-state index contributed by atoms with van der Waals surface area (Å²) in [6.45, 7) is 3.41. The number of rotatable bonds is 3. The van der Waals surface area contributed by atoms with E-state index >= 15 is 0 Å². The maximum Gasteiger partial charge on any atom is 0.338 e. The predicted octanol–water partition coefficient (Wildman–Crippen LogP) is 2.65. The molecule has 0 fully saturated rings. The molecule has 0 unspecified atom stereocenters. The van der Waals surface area contributed by atoms with E-state index in [0.29, 0.717) is 16.8 Å². The van der Waals surface area contributed by atoms with Crippen molar-refractivity contribution in [3.63, 3.8) is 0 Å². The van der Waals surface area contributed by atoms with Crippen LogP contribution in [-0.2, 0) is 0 Å². The van der Waals surface area contributed by atoms with E-state index in [-0.39, 0.29) is 17.2 Å². The van der Waals surface area contributed by atoms with Crippen LogP contribution in [0, 0.1) is 13.8 Å². The van der Waals surface area contributed by atoms with Gasteiger partial charge in [-0.2, -0.15) is 0 Å². The number of benzene rings is 1. The van der Waals surface area contributed by atoms with E-state index in [4.69, 9.17) is 0 Å². The number of carbonyl (C=O) groups is 2. The number of carbonyl (C=O) groups excluding carboxylic acids is 1. The monoisotopic (exact) mass is 270 g/mol. The molecule has 0 aliphatic rings. The van der Waals surface area contributed by atoms with Crippen molar-refractivity contribution in [1.82, 2.24) is 4.98 Å². The quantitative estimate of drug-likeness (QED) is 0.898. The molecule has 1 aromatic carbocycles. The number of pyridine rings is 1. The summed E-state index contributed by atoms with van der Waals surface area (Å²) < 4.78 is 0. The molecule has 5 nitrogen and oxygen atoms in total. The second-order valence-electron chi connectivity index (χ2n) is 4.39. The Hall–Kier alpha value is -2.69. The van der Waals surface area contributed by atoms with Crippen molar-refractivity contribution in [2.45, 2.75) is 13.8 Å². The molecule has 0 saturated carbocycles. The molecule has 102 valence electrons. The van der Waals surface area contributed by atoms with Gasteiger partial charge in [0, 0.05) is 11.9 Å². The smallest absolute Gasteiger partial charge is 0.338 e. The number of carboxylic acid groups (broad SMARTS) is 1. The molecule has 5 heteroatoms. The highest BCUT2D eigenvalue weighted by molar-refractivity contribution is 6.08. The normalized spacial score (nSPS) is 10.1. The summed E-state index contributed by atoms with van der Waals surface area (Å²) in [5, 5.41) is 11.9. The van der Waals surface area contributed by atoms with E-state index < -0.39 is 5.97 Å². The molecule has 0 bridgehead atoms. The summed E-state index contributed by atoms with van der Waals surface area (Å²) in [6, 6.07) is 8.27. The first-order chi connectivity index (χ1) is 9.50. The van der Waals surface area contributed by atoms with Gasteiger partial charge in [0.05, 0.1) is 16.8 Å². The van der Waals surface area contributed by atoms with Crippen LogP contribution in [0.5, 0.6) is 0 Å². The number of aryl methyl sites for hydroxylation is 2. The van der Waals surface area contributed by atoms with Gasteiger partial charge in [-0.15, -0.1) is 0 Å². The van der Waals surface area contributed by atoms with Gasteiger partial charge < -0.3 is 10.4 Å². The zero-order valence-corrected chi connectivity index (χ0v) is 11.2. The lowest BCUT2D eigenvalue weighted by Gasteiger charge is -2.11. The standard InChI is InChI=1S/C15H14N2O3/c1-9-5-3-7-12(13(9)15(19)20)17-14(18)11-6-4-8-16-10(11)2/h3-8H,1-2H3,(H,17,18)(H,19,20). The van der Waals surface area contributed by atoms with Crippen molar-refractivity contribution < 1.29 is 14.7 Å². The summed E-state index contributed by atoms with van der Waals surface area (Å²) in [6.07, 6.45) is 1.60. The van der Waals surface area contributed by atoms with Crippen LogP contribution in [0.1, 0.15) is 32.0 Å². The summed E-state index contributed by atoms with van der Waals surface area (Å²) in [5.74, 6) is -1.44. The minimum Gasteiger partial charge on any atom is -0.478 e. The van der Waals surface area contributed by atoms with Gasteiger partial charge in [0.2, 0.25) is 0 Å². The highest BCUT2D eigenvalue weighted by Crippen LogP contribution is 2.20. The average molecular weight is 270 g/mol. The van der Waals surface area contributed by atoms with Crippen LogP contribution in [0.15, 0.2) is 36.5 Å².